The summed E-state index contributed by atoms with van der Waals surface area (Å²) in [4.78, 5) is 70.0. The average molecular weight is 658 g/mol. The number of rotatable bonds is 5. The summed E-state index contributed by atoms with van der Waals surface area (Å²) in [6, 6.07) is 3.54. The van der Waals surface area contributed by atoms with Crippen LogP contribution in [0.1, 0.15) is 70.9 Å². The maximum atomic E-state index is 14.3. The van der Waals surface area contributed by atoms with Crippen molar-refractivity contribution >= 4 is 29.8 Å². The molecule has 3 amide bonds. The number of halogens is 1. The fourth-order valence-electron chi connectivity index (χ4n) is 6.44. The average Bonchev–Trinajstić information content (AvgIpc) is 3.31. The number of allylic oxidation sites excluding steroid dienone is 1. The van der Waals surface area contributed by atoms with Crippen molar-refractivity contribution in [3.8, 4) is 0 Å². The molecule has 1 N–H and O–H groups in total. The summed E-state index contributed by atoms with van der Waals surface area (Å²) < 4.78 is 36.8. The van der Waals surface area contributed by atoms with Gasteiger partial charge in [-0.1, -0.05) is 24.3 Å². The highest BCUT2D eigenvalue weighted by atomic mass is 19.1. The van der Waals surface area contributed by atoms with Crippen LogP contribution in [0.2, 0.25) is 0 Å². The Morgan fingerprint density at radius 2 is 1.96 bits per heavy atom. The molecule has 0 bridgehead atoms. The van der Waals surface area contributed by atoms with E-state index in [2.05, 4.69) is 5.32 Å². The molecule has 256 valence electrons. The zero-order chi connectivity index (χ0) is 33.9. The number of amides is 3. The zero-order valence-electron chi connectivity index (χ0n) is 27.4. The number of carbonyl (C=O) groups is 5. The van der Waals surface area contributed by atoms with Crippen molar-refractivity contribution in [3.05, 3.63) is 47.3 Å². The fraction of sp³-hybridized carbons (Fsp3) is 0.618. The largest absolute Gasteiger partial charge is 0.464 e. The molecule has 3 aliphatic heterocycles. The first-order valence-corrected chi connectivity index (χ1v) is 16.3. The third-order valence-corrected chi connectivity index (χ3v) is 8.83. The first kappa shape index (κ1) is 34.3. The first-order valence-electron chi connectivity index (χ1n) is 16.3. The molecule has 1 aromatic carbocycles. The lowest BCUT2D eigenvalue weighted by Gasteiger charge is -2.29. The minimum Gasteiger partial charge on any atom is -0.464 e. The molecule has 1 aromatic rings. The molecule has 13 heteroatoms. The van der Waals surface area contributed by atoms with Gasteiger partial charge in [0.05, 0.1) is 38.6 Å². The van der Waals surface area contributed by atoms with E-state index in [0.717, 1.165) is 0 Å². The molecule has 1 saturated heterocycles. The van der Waals surface area contributed by atoms with Crippen LogP contribution in [0.4, 0.5) is 9.18 Å². The van der Waals surface area contributed by atoms with E-state index in [4.69, 9.17) is 18.9 Å². The summed E-state index contributed by atoms with van der Waals surface area (Å²) in [7, 11) is 0. The number of nitrogens with zero attached hydrogens (tertiary/aromatic N) is 2. The molecule has 4 aliphatic rings. The van der Waals surface area contributed by atoms with Crippen LogP contribution in [0.15, 0.2) is 30.4 Å². The van der Waals surface area contributed by atoms with Crippen molar-refractivity contribution in [2.75, 3.05) is 26.4 Å². The molecule has 2 fully saturated rings. The Labute approximate surface area is 273 Å². The quantitative estimate of drug-likeness (QED) is 0.287. The SMILES string of the molecule is CCOC(=O)[C@@]12C[C@H]1/C=C\CCCOC[C@H](CC(=O)OC(C)(C)C)C(=O)N1C[C@H](OC(=O)N3Cc4cccc(F)c4C3)C[C@H]1C(=O)N2. The van der Waals surface area contributed by atoms with Crippen LogP contribution < -0.4 is 5.32 Å². The van der Waals surface area contributed by atoms with Crippen molar-refractivity contribution < 1.29 is 47.3 Å². The van der Waals surface area contributed by atoms with E-state index in [1.54, 1.807) is 39.8 Å². The standard InChI is InChI=1S/C34H44FN3O9/c1-5-45-31(42)34-16-23(34)11-7-6-8-13-44-20-22(14-28(39)47-33(2,3)4)30(41)38-18-24(15-27(38)29(40)36-34)46-32(43)37-17-21-10-9-12-26(35)25(21)19-37/h7,9-12,22-24,27H,5-6,8,13-20H2,1-4H3,(H,36,40)/b11-7-/t22-,23+,24+,27-,34+/m0/s1. The van der Waals surface area contributed by atoms with Gasteiger partial charge >= 0.3 is 18.0 Å². The van der Waals surface area contributed by atoms with Gasteiger partial charge in [-0.2, -0.15) is 0 Å². The first-order chi connectivity index (χ1) is 22.3. The van der Waals surface area contributed by atoms with Crippen LogP contribution in [-0.2, 0) is 51.2 Å². The Bertz CT molecular complexity index is 1430. The zero-order valence-corrected chi connectivity index (χ0v) is 27.4. The molecule has 1 aliphatic carbocycles. The highest BCUT2D eigenvalue weighted by Crippen LogP contribution is 2.46. The van der Waals surface area contributed by atoms with E-state index in [9.17, 15) is 28.4 Å². The fourth-order valence-corrected chi connectivity index (χ4v) is 6.44. The molecule has 3 heterocycles. The van der Waals surface area contributed by atoms with Crippen LogP contribution in [0.3, 0.4) is 0 Å². The number of ether oxygens (including phenoxy) is 4. The van der Waals surface area contributed by atoms with Gasteiger partial charge in [0.1, 0.15) is 29.1 Å². The molecule has 1 saturated carbocycles. The van der Waals surface area contributed by atoms with Crippen molar-refractivity contribution in [1.82, 2.24) is 15.1 Å². The second-order valence-corrected chi connectivity index (χ2v) is 13.6. The van der Waals surface area contributed by atoms with Gasteiger partial charge in [-0.3, -0.25) is 19.3 Å². The maximum Gasteiger partial charge on any atom is 0.410 e. The Balaban J connectivity index is 1.38. The van der Waals surface area contributed by atoms with E-state index in [0.29, 0.717) is 37.0 Å². The van der Waals surface area contributed by atoms with Gasteiger partial charge in [-0.15, -0.1) is 0 Å². The molecule has 47 heavy (non-hydrogen) atoms. The number of hydrogen-bond donors (Lipinski definition) is 1. The van der Waals surface area contributed by atoms with E-state index in [-0.39, 0.29) is 51.6 Å². The lowest BCUT2D eigenvalue weighted by Crippen LogP contribution is -2.54. The maximum absolute atomic E-state index is 14.3. The van der Waals surface area contributed by atoms with Crippen LogP contribution in [0.25, 0.3) is 0 Å². The van der Waals surface area contributed by atoms with Crippen molar-refractivity contribution in [3.63, 3.8) is 0 Å². The second kappa shape index (κ2) is 14.0. The topological polar surface area (TPSA) is 141 Å². The van der Waals surface area contributed by atoms with Gasteiger partial charge in [0, 0.05) is 31.1 Å². The molecule has 0 aromatic heterocycles. The summed E-state index contributed by atoms with van der Waals surface area (Å²) in [5.74, 6) is -3.94. The number of esters is 2. The Morgan fingerprint density at radius 3 is 2.68 bits per heavy atom. The highest BCUT2D eigenvalue weighted by Gasteiger charge is 2.62. The summed E-state index contributed by atoms with van der Waals surface area (Å²) in [5, 5.41) is 2.87. The van der Waals surface area contributed by atoms with Crippen molar-refractivity contribution in [2.45, 2.75) is 96.2 Å². The summed E-state index contributed by atoms with van der Waals surface area (Å²) in [6.07, 6.45) is 3.56. The predicted molar refractivity (Wildman–Crippen MR) is 165 cm³/mol. The summed E-state index contributed by atoms with van der Waals surface area (Å²) in [5.41, 5.74) is -0.952. The third-order valence-electron chi connectivity index (χ3n) is 8.83. The van der Waals surface area contributed by atoms with Gasteiger partial charge in [-0.05, 0) is 58.6 Å². The van der Waals surface area contributed by atoms with E-state index < -0.39 is 64.9 Å². The normalized spacial score (nSPS) is 28.5. The molecule has 5 atom stereocenters. The molecule has 0 spiro atoms. The lowest BCUT2D eigenvalue weighted by molar-refractivity contribution is -0.160. The van der Waals surface area contributed by atoms with Crippen molar-refractivity contribution in [1.29, 1.82) is 0 Å². The third kappa shape index (κ3) is 7.94. The molecular weight excluding hydrogens is 613 g/mol. The molecule has 0 unspecified atom stereocenters. The van der Waals surface area contributed by atoms with Gasteiger partial charge < -0.3 is 29.2 Å². The van der Waals surface area contributed by atoms with E-state index >= 15 is 0 Å². The number of fused-ring (bicyclic) bond motifs is 3. The minimum absolute atomic E-state index is 0.0341. The van der Waals surface area contributed by atoms with Crippen LogP contribution in [0.5, 0.6) is 0 Å². The Hall–Kier alpha value is -4.00. The van der Waals surface area contributed by atoms with Crippen LogP contribution in [-0.4, -0.2) is 89.3 Å². The van der Waals surface area contributed by atoms with E-state index in [1.807, 2.05) is 12.2 Å². The van der Waals surface area contributed by atoms with Gasteiger partial charge in [0.15, 0.2) is 0 Å². The molecule has 12 nitrogen and oxygen atoms in total. The number of carbonyl (C=O) groups excluding carboxylic acids is 5. The monoisotopic (exact) mass is 657 g/mol. The van der Waals surface area contributed by atoms with Gasteiger partial charge in [-0.25, -0.2) is 14.0 Å². The lowest BCUT2D eigenvalue weighted by atomic mass is 10.0. The van der Waals surface area contributed by atoms with Gasteiger partial charge in [0.25, 0.3) is 0 Å². The van der Waals surface area contributed by atoms with Crippen molar-refractivity contribution in [2.24, 2.45) is 11.8 Å². The second-order valence-electron chi connectivity index (χ2n) is 13.6. The summed E-state index contributed by atoms with van der Waals surface area (Å²) in [6.45, 7) is 7.32. The van der Waals surface area contributed by atoms with E-state index in [1.165, 1.54) is 15.9 Å². The van der Waals surface area contributed by atoms with Crippen LogP contribution >= 0.6 is 0 Å². The number of hydrogen-bond acceptors (Lipinski definition) is 9. The number of benzene rings is 1. The minimum atomic E-state index is -1.27. The van der Waals surface area contributed by atoms with Crippen LogP contribution in [0, 0.1) is 17.7 Å². The summed E-state index contributed by atoms with van der Waals surface area (Å²) >= 11 is 0. The molecule has 0 radical (unpaired) electrons. The highest BCUT2D eigenvalue weighted by molar-refractivity contribution is 5.96. The predicted octanol–water partition coefficient (Wildman–Crippen LogP) is 3.40. The Morgan fingerprint density at radius 1 is 1.17 bits per heavy atom. The molecular formula is C34H44FN3O9. The van der Waals surface area contributed by atoms with Gasteiger partial charge in [0.2, 0.25) is 11.8 Å². The Kier molecular flexibility index (Phi) is 10.2. The smallest absolute Gasteiger partial charge is 0.410 e. The molecule has 5 rings (SSSR count). The number of nitrogens with one attached hydrogen (secondary N) is 1.